The molecule has 4 aromatic carbocycles. The van der Waals surface area contributed by atoms with E-state index in [1.165, 1.54) is 4.90 Å². The minimum absolute atomic E-state index is 0.271. The average molecular weight is 438 g/mol. The van der Waals surface area contributed by atoms with Crippen LogP contribution in [0.1, 0.15) is 46.4 Å². The van der Waals surface area contributed by atoms with Crippen molar-refractivity contribution in [2.24, 2.45) is 0 Å². The van der Waals surface area contributed by atoms with Gasteiger partial charge in [-0.2, -0.15) is 0 Å². The molecule has 33 heavy (non-hydrogen) atoms. The van der Waals surface area contributed by atoms with Crippen molar-refractivity contribution >= 4 is 16.7 Å². The van der Waals surface area contributed by atoms with E-state index in [2.05, 4.69) is 0 Å². The Balaban J connectivity index is 1.56. The number of aliphatic hydroxyl groups is 2. The first-order valence-electron chi connectivity index (χ1n) is 11.4. The Hall–Kier alpha value is -3.47. The van der Waals surface area contributed by atoms with Gasteiger partial charge in [-0.15, -0.1) is 0 Å². The van der Waals surface area contributed by atoms with E-state index in [4.69, 9.17) is 0 Å². The van der Waals surface area contributed by atoms with E-state index in [1.54, 1.807) is 24.3 Å². The molecule has 3 unspecified atom stereocenters. The quantitative estimate of drug-likeness (QED) is 0.436. The zero-order valence-electron chi connectivity index (χ0n) is 18.6. The van der Waals surface area contributed by atoms with Crippen LogP contribution in [0.4, 0.5) is 0 Å². The van der Waals surface area contributed by atoms with Crippen LogP contribution in [-0.2, 0) is 12.1 Å². The molecule has 2 N–H and O–H groups in total. The summed E-state index contributed by atoms with van der Waals surface area (Å²) < 4.78 is 0. The maximum atomic E-state index is 13.6. The van der Waals surface area contributed by atoms with Gasteiger partial charge in [0, 0.05) is 11.1 Å². The number of aryl methyl sites for hydroxylation is 1. The van der Waals surface area contributed by atoms with Crippen LogP contribution in [0.3, 0.4) is 0 Å². The summed E-state index contributed by atoms with van der Waals surface area (Å²) in [6.45, 7) is 1.92. The van der Waals surface area contributed by atoms with Gasteiger partial charge in [-0.25, -0.2) is 0 Å². The van der Waals surface area contributed by atoms with Crippen LogP contribution < -0.4 is 0 Å². The second-order valence-electron chi connectivity index (χ2n) is 8.73. The van der Waals surface area contributed by atoms with E-state index in [1.807, 2.05) is 79.7 Å². The highest BCUT2D eigenvalue weighted by atomic mass is 16.4. The maximum absolute atomic E-state index is 13.6. The Bertz CT molecular complexity index is 1300. The average Bonchev–Trinajstić information content (AvgIpc) is 3.10. The molecule has 1 amide bonds. The first kappa shape index (κ1) is 21.4. The number of rotatable bonds is 6. The Morgan fingerprint density at radius 1 is 0.848 bits per heavy atom. The van der Waals surface area contributed by atoms with Crippen molar-refractivity contribution in [3.63, 3.8) is 0 Å². The van der Waals surface area contributed by atoms with E-state index < -0.39 is 17.9 Å². The highest BCUT2D eigenvalue weighted by molar-refractivity contribution is 6.00. The third-order valence-corrected chi connectivity index (χ3v) is 6.81. The third-order valence-electron chi connectivity index (χ3n) is 6.81. The standard InChI is InChI=1S/C29H27NO3/c1-20(23-16-9-13-22-12-5-6-14-24(22)23)30-28(32)25-15-7-8-17-26(25)29(30,33)27(31)19-18-21-10-3-2-4-11-21/h2-17,20,27,31,33H,18-19H2,1H3. The lowest BCUT2D eigenvalue weighted by Crippen LogP contribution is -2.53. The van der Waals surface area contributed by atoms with E-state index in [9.17, 15) is 15.0 Å². The molecular formula is C29H27NO3. The number of hydrogen-bond donors (Lipinski definition) is 2. The molecule has 4 heteroatoms. The molecular weight excluding hydrogens is 410 g/mol. The van der Waals surface area contributed by atoms with E-state index in [-0.39, 0.29) is 5.91 Å². The highest BCUT2D eigenvalue weighted by Gasteiger charge is 2.54. The molecule has 1 heterocycles. The fourth-order valence-corrected chi connectivity index (χ4v) is 5.12. The minimum Gasteiger partial charge on any atom is -0.388 e. The Kier molecular flexibility index (Phi) is 5.49. The molecule has 0 radical (unpaired) electrons. The van der Waals surface area contributed by atoms with Crippen LogP contribution in [0.25, 0.3) is 10.8 Å². The lowest BCUT2D eigenvalue weighted by Gasteiger charge is -2.42. The number of carbonyl (C=O) groups excluding carboxylic acids is 1. The van der Waals surface area contributed by atoms with Gasteiger partial charge in [0.2, 0.25) is 0 Å². The molecule has 0 aromatic heterocycles. The molecule has 4 aromatic rings. The predicted octanol–water partition coefficient (Wildman–Crippen LogP) is 5.20. The van der Waals surface area contributed by atoms with Crippen LogP contribution in [0.2, 0.25) is 0 Å². The number of hydrogen-bond acceptors (Lipinski definition) is 3. The molecule has 0 spiro atoms. The molecule has 166 valence electrons. The second-order valence-corrected chi connectivity index (χ2v) is 8.73. The number of aliphatic hydroxyl groups excluding tert-OH is 1. The number of fused-ring (bicyclic) bond motifs is 2. The molecule has 1 aliphatic heterocycles. The first-order chi connectivity index (χ1) is 16.0. The summed E-state index contributed by atoms with van der Waals surface area (Å²) in [4.78, 5) is 15.1. The fourth-order valence-electron chi connectivity index (χ4n) is 5.12. The van der Waals surface area contributed by atoms with Gasteiger partial charge in [0.05, 0.1) is 6.04 Å². The van der Waals surface area contributed by atoms with Crippen molar-refractivity contribution in [3.8, 4) is 0 Å². The molecule has 4 nitrogen and oxygen atoms in total. The Morgan fingerprint density at radius 3 is 2.33 bits per heavy atom. The Labute approximate surface area is 193 Å². The van der Waals surface area contributed by atoms with Crippen molar-refractivity contribution < 1.29 is 15.0 Å². The van der Waals surface area contributed by atoms with Crippen LogP contribution >= 0.6 is 0 Å². The molecule has 1 aliphatic rings. The van der Waals surface area contributed by atoms with Gasteiger partial charge in [0.25, 0.3) is 5.91 Å². The normalized spacial score (nSPS) is 19.5. The second kappa shape index (κ2) is 8.47. The van der Waals surface area contributed by atoms with Gasteiger partial charge in [0.15, 0.2) is 5.72 Å². The van der Waals surface area contributed by atoms with Crippen molar-refractivity contribution in [1.82, 2.24) is 4.90 Å². The summed E-state index contributed by atoms with van der Waals surface area (Å²) in [5, 5.41) is 25.5. The van der Waals surface area contributed by atoms with Gasteiger partial charge in [-0.1, -0.05) is 91.0 Å². The highest BCUT2D eigenvalue weighted by Crippen LogP contribution is 2.46. The Morgan fingerprint density at radius 2 is 1.52 bits per heavy atom. The molecule has 0 fully saturated rings. The van der Waals surface area contributed by atoms with E-state index >= 15 is 0 Å². The van der Waals surface area contributed by atoms with Crippen LogP contribution in [-0.4, -0.2) is 27.1 Å². The van der Waals surface area contributed by atoms with Crippen LogP contribution in [0, 0.1) is 0 Å². The SMILES string of the molecule is CC(c1cccc2ccccc12)N1C(=O)c2ccccc2C1(O)C(O)CCc1ccccc1. The largest absolute Gasteiger partial charge is 0.388 e. The van der Waals surface area contributed by atoms with Crippen molar-refractivity contribution in [3.05, 3.63) is 119 Å². The number of nitrogens with zero attached hydrogens (tertiary/aromatic N) is 1. The summed E-state index contributed by atoms with van der Waals surface area (Å²) in [6.07, 6.45) is -0.236. The predicted molar refractivity (Wildman–Crippen MR) is 130 cm³/mol. The van der Waals surface area contributed by atoms with Crippen molar-refractivity contribution in [2.45, 2.75) is 37.6 Å². The van der Waals surface area contributed by atoms with Crippen LogP contribution in [0.5, 0.6) is 0 Å². The topological polar surface area (TPSA) is 60.8 Å². The molecule has 0 bridgehead atoms. The summed E-state index contributed by atoms with van der Waals surface area (Å²) in [5.41, 5.74) is 1.08. The lowest BCUT2D eigenvalue weighted by molar-refractivity contribution is -0.175. The molecule has 5 rings (SSSR count). The third kappa shape index (κ3) is 3.52. The summed E-state index contributed by atoms with van der Waals surface area (Å²) in [7, 11) is 0. The maximum Gasteiger partial charge on any atom is 0.257 e. The smallest absolute Gasteiger partial charge is 0.257 e. The molecule has 3 atom stereocenters. The number of carbonyl (C=O) groups is 1. The lowest BCUT2D eigenvalue weighted by atomic mass is 9.90. The minimum atomic E-state index is -1.82. The number of benzene rings is 4. The number of amides is 1. The first-order valence-corrected chi connectivity index (χ1v) is 11.4. The van der Waals surface area contributed by atoms with Gasteiger partial charge in [0.1, 0.15) is 6.10 Å². The summed E-state index contributed by atoms with van der Waals surface area (Å²) >= 11 is 0. The monoisotopic (exact) mass is 437 g/mol. The zero-order valence-corrected chi connectivity index (χ0v) is 18.6. The molecule has 0 aliphatic carbocycles. The summed E-state index contributed by atoms with van der Waals surface area (Å²) in [6, 6.07) is 30.5. The zero-order chi connectivity index (χ0) is 23.0. The van der Waals surface area contributed by atoms with E-state index in [0.29, 0.717) is 24.0 Å². The fraction of sp³-hybridized carbons (Fsp3) is 0.207. The molecule has 0 saturated heterocycles. The van der Waals surface area contributed by atoms with Crippen molar-refractivity contribution in [2.75, 3.05) is 0 Å². The van der Waals surface area contributed by atoms with Gasteiger partial charge >= 0.3 is 0 Å². The van der Waals surface area contributed by atoms with Gasteiger partial charge in [-0.05, 0) is 47.7 Å². The summed E-state index contributed by atoms with van der Waals surface area (Å²) in [5.74, 6) is -0.271. The van der Waals surface area contributed by atoms with Gasteiger partial charge < -0.3 is 10.2 Å². The van der Waals surface area contributed by atoms with Gasteiger partial charge in [-0.3, -0.25) is 9.69 Å². The molecule has 0 saturated carbocycles. The van der Waals surface area contributed by atoms with E-state index in [0.717, 1.165) is 21.9 Å². The van der Waals surface area contributed by atoms with Crippen molar-refractivity contribution in [1.29, 1.82) is 0 Å². The van der Waals surface area contributed by atoms with Crippen LogP contribution in [0.15, 0.2) is 97.1 Å².